The van der Waals surface area contributed by atoms with Crippen molar-refractivity contribution in [2.24, 2.45) is 11.3 Å². The number of hydrogen-bond donors (Lipinski definition) is 3. The van der Waals surface area contributed by atoms with Crippen molar-refractivity contribution in [3.63, 3.8) is 0 Å². The molecule has 0 bridgehead atoms. The normalized spacial score (nSPS) is 22.3. The molecule has 3 aromatic carbocycles. The highest BCUT2D eigenvalue weighted by Gasteiger charge is 2.49. The number of nitrogens with zero attached hydrogens (tertiary/aromatic N) is 4. The molecule has 14 nitrogen and oxygen atoms in total. The van der Waals surface area contributed by atoms with Crippen LogP contribution in [0.15, 0.2) is 77.8 Å². The third kappa shape index (κ3) is 8.39. The van der Waals surface area contributed by atoms with E-state index in [0.29, 0.717) is 28.9 Å². The van der Waals surface area contributed by atoms with Crippen LogP contribution in [0.2, 0.25) is 0 Å². The first kappa shape index (κ1) is 43.2. The van der Waals surface area contributed by atoms with Crippen LogP contribution in [-0.2, 0) is 10.0 Å². The molecule has 3 N–H and O–H groups in total. The number of nitrogens with one attached hydrogen (secondary N) is 3. The number of benzene rings is 3. The van der Waals surface area contributed by atoms with Crippen molar-refractivity contribution in [3.8, 4) is 17.2 Å². The SMILES string of the molecule is CC(C)c1ccccc1[C@H]1CCC[C@H]1N1CC2(CCN(c3ccc(C(=O)NS(=O)(=O)c4cc5c(c([N+](=O)[O-])c4)N[C@@H](C4CCCCC4)CO5)c(Oc4cc5cc[nH]c5nc4F)c3)CC2)C1. The maximum atomic E-state index is 15.4. The van der Waals surface area contributed by atoms with Crippen molar-refractivity contribution in [1.82, 2.24) is 19.6 Å². The number of aromatic amines is 1. The van der Waals surface area contributed by atoms with E-state index in [9.17, 15) is 23.3 Å². The van der Waals surface area contributed by atoms with Crippen molar-refractivity contribution < 1.29 is 32.0 Å². The maximum Gasteiger partial charge on any atom is 0.297 e. The number of H-pyrrole nitrogens is 1. The summed E-state index contributed by atoms with van der Waals surface area (Å²) in [6.07, 6.45) is 12.5. The van der Waals surface area contributed by atoms with Gasteiger partial charge < -0.3 is 24.7 Å². The predicted octanol–water partition coefficient (Wildman–Crippen LogP) is 9.64. The number of sulfonamides is 1. The molecule has 2 aromatic heterocycles. The Morgan fingerprint density at radius 1 is 0.985 bits per heavy atom. The largest absolute Gasteiger partial charge is 0.489 e. The van der Waals surface area contributed by atoms with Crippen LogP contribution in [0.4, 0.5) is 21.5 Å². The molecule has 5 aliphatic rings. The lowest BCUT2D eigenvalue weighted by molar-refractivity contribution is -0.384. The molecule has 1 spiro atoms. The highest BCUT2D eigenvalue weighted by atomic mass is 32.2. The lowest BCUT2D eigenvalue weighted by Gasteiger charge is -2.57. The Hall–Kier alpha value is -5.74. The first-order valence-corrected chi connectivity index (χ1v) is 24.7. The topological polar surface area (TPSA) is 172 Å². The van der Waals surface area contributed by atoms with E-state index < -0.39 is 37.4 Å². The Balaban J connectivity index is 0.872. The number of carbonyl (C=O) groups excluding carboxylic acids is 1. The number of piperidine rings is 1. The number of carbonyl (C=O) groups is 1. The number of rotatable bonds is 11. The molecule has 3 aliphatic heterocycles. The van der Waals surface area contributed by atoms with Gasteiger partial charge in [-0.3, -0.25) is 19.8 Å². The molecule has 0 radical (unpaired) electrons. The summed E-state index contributed by atoms with van der Waals surface area (Å²) in [5.41, 5.74) is 3.71. The van der Waals surface area contributed by atoms with Gasteiger partial charge in [0, 0.05) is 67.7 Å². The average Bonchev–Trinajstić information content (AvgIpc) is 3.97. The third-order valence-electron chi connectivity index (χ3n) is 14.9. The Morgan fingerprint density at radius 2 is 1.77 bits per heavy atom. The number of ether oxygens (including phenoxy) is 2. The van der Waals surface area contributed by atoms with Gasteiger partial charge in [-0.05, 0) is 97.1 Å². The van der Waals surface area contributed by atoms with E-state index in [-0.39, 0.29) is 52.5 Å². The highest BCUT2D eigenvalue weighted by molar-refractivity contribution is 7.90. The van der Waals surface area contributed by atoms with E-state index in [1.807, 2.05) is 0 Å². The van der Waals surface area contributed by atoms with Crippen LogP contribution in [0, 0.1) is 27.4 Å². The Kier molecular flexibility index (Phi) is 11.4. The summed E-state index contributed by atoms with van der Waals surface area (Å²) in [4.78, 5) is 37.0. The molecular formula is C49H56FN7O7S. The number of likely N-dealkylation sites (tertiary alicyclic amines) is 1. The quantitative estimate of drug-likeness (QED) is 0.0655. The third-order valence-corrected chi connectivity index (χ3v) is 16.2. The monoisotopic (exact) mass is 905 g/mol. The summed E-state index contributed by atoms with van der Waals surface area (Å²) in [5, 5.41) is 16.2. The second kappa shape index (κ2) is 17.2. The Morgan fingerprint density at radius 3 is 2.54 bits per heavy atom. The van der Waals surface area contributed by atoms with Crippen molar-refractivity contribution >= 4 is 44.0 Å². The van der Waals surface area contributed by atoms with Crippen LogP contribution in [0.1, 0.15) is 111 Å². The van der Waals surface area contributed by atoms with E-state index in [1.54, 1.807) is 24.4 Å². The molecule has 4 fully saturated rings. The maximum absolute atomic E-state index is 15.4. The van der Waals surface area contributed by atoms with Crippen LogP contribution in [-0.4, -0.2) is 79.0 Å². The van der Waals surface area contributed by atoms with Crippen LogP contribution >= 0.6 is 0 Å². The molecule has 2 saturated carbocycles. The van der Waals surface area contributed by atoms with Crippen LogP contribution in [0.3, 0.4) is 0 Å². The summed E-state index contributed by atoms with van der Waals surface area (Å²) in [6.45, 7) is 8.44. The van der Waals surface area contributed by atoms with Gasteiger partial charge in [-0.25, -0.2) is 13.1 Å². The molecule has 342 valence electrons. The summed E-state index contributed by atoms with van der Waals surface area (Å²) < 4.78 is 57.5. The Labute approximate surface area is 378 Å². The second-order valence-electron chi connectivity index (χ2n) is 19.2. The zero-order chi connectivity index (χ0) is 45.0. The lowest BCUT2D eigenvalue weighted by Crippen LogP contribution is -2.63. The van der Waals surface area contributed by atoms with Gasteiger partial charge in [-0.15, -0.1) is 0 Å². The van der Waals surface area contributed by atoms with Crippen molar-refractivity contribution in [1.29, 1.82) is 0 Å². The fraction of sp³-hybridized carbons (Fsp3) is 0.469. The zero-order valence-electron chi connectivity index (χ0n) is 36.9. The Bertz CT molecular complexity index is 2740. The highest BCUT2D eigenvalue weighted by Crippen LogP contribution is 2.49. The molecule has 65 heavy (non-hydrogen) atoms. The molecule has 0 unspecified atom stereocenters. The molecule has 2 aliphatic carbocycles. The van der Waals surface area contributed by atoms with Gasteiger partial charge in [0.05, 0.1) is 21.4 Å². The van der Waals surface area contributed by atoms with Crippen LogP contribution in [0.5, 0.6) is 17.2 Å². The number of fused-ring (bicyclic) bond motifs is 2. The molecule has 16 heteroatoms. The summed E-state index contributed by atoms with van der Waals surface area (Å²) >= 11 is 0. The summed E-state index contributed by atoms with van der Waals surface area (Å²) in [5.74, 6) is -0.972. The van der Waals surface area contributed by atoms with Gasteiger partial charge in [0.2, 0.25) is 0 Å². The fourth-order valence-electron chi connectivity index (χ4n) is 11.4. The summed E-state index contributed by atoms with van der Waals surface area (Å²) in [7, 11) is -4.70. The number of halogens is 1. The van der Waals surface area contributed by atoms with Gasteiger partial charge >= 0.3 is 0 Å². The molecular weight excluding hydrogens is 850 g/mol. The van der Waals surface area contributed by atoms with Gasteiger partial charge in [-0.2, -0.15) is 9.37 Å². The van der Waals surface area contributed by atoms with E-state index >= 15 is 4.39 Å². The molecule has 3 atom stereocenters. The average molecular weight is 906 g/mol. The number of amides is 1. The van der Waals surface area contributed by atoms with Crippen LogP contribution in [0.25, 0.3) is 11.0 Å². The first-order chi connectivity index (χ1) is 31.3. The number of pyridine rings is 1. The van der Waals surface area contributed by atoms with E-state index in [4.69, 9.17) is 9.47 Å². The minimum atomic E-state index is -4.70. The van der Waals surface area contributed by atoms with E-state index in [1.165, 1.54) is 48.6 Å². The van der Waals surface area contributed by atoms with Crippen LogP contribution < -0.4 is 24.4 Å². The molecule has 5 aromatic rings. The molecule has 10 rings (SSSR count). The summed E-state index contributed by atoms with van der Waals surface area (Å²) in [6, 6.07) is 19.5. The number of nitro groups is 1. The number of hydrogen-bond acceptors (Lipinski definition) is 11. The number of aromatic nitrogens is 2. The number of anilines is 2. The number of nitro benzene ring substituents is 1. The van der Waals surface area contributed by atoms with Gasteiger partial charge in [0.1, 0.15) is 18.0 Å². The molecule has 5 heterocycles. The fourth-order valence-corrected chi connectivity index (χ4v) is 12.4. The first-order valence-electron chi connectivity index (χ1n) is 23.2. The van der Waals surface area contributed by atoms with Crippen molar-refractivity contribution in [2.75, 3.05) is 43.0 Å². The van der Waals surface area contributed by atoms with Crippen molar-refractivity contribution in [3.05, 3.63) is 106 Å². The smallest absolute Gasteiger partial charge is 0.297 e. The standard InChI is InChI=1S/C49H56FN7O7S/c1-30(2)35-11-6-7-12-36(35)37-13-8-14-40(37)56-28-49(29-56)18-21-55(22-19-49)33-15-16-38(42(24-33)64-44-23-32-17-20-51-47(32)53-46(44)50)48(58)54-65(61,62)34-25-41(57(59)60)45-43(26-34)63-27-39(52-45)31-9-4-3-5-10-31/h6-7,11-12,15-17,20,23-26,30-31,37,39-40,52H,3-5,8-10,13-14,18-19,21-22,27-29H2,1-2H3,(H,51,53)(H,54,58)/t37-,39-,40-/m1/s1. The molecule has 1 amide bonds. The predicted molar refractivity (Wildman–Crippen MR) is 246 cm³/mol. The van der Waals surface area contributed by atoms with E-state index in [2.05, 4.69) is 67.9 Å². The zero-order valence-corrected chi connectivity index (χ0v) is 37.7. The minimum Gasteiger partial charge on any atom is -0.489 e. The van der Waals surface area contributed by atoms with Gasteiger partial charge in [-0.1, -0.05) is 63.8 Å². The van der Waals surface area contributed by atoms with E-state index in [0.717, 1.165) is 82.9 Å². The minimum absolute atomic E-state index is 0.0173. The van der Waals surface area contributed by atoms with Gasteiger partial charge in [0.15, 0.2) is 17.2 Å². The molecule has 2 saturated heterocycles. The second-order valence-corrected chi connectivity index (χ2v) is 20.9. The van der Waals surface area contributed by atoms with Crippen molar-refractivity contribution in [2.45, 2.75) is 107 Å². The lowest BCUT2D eigenvalue weighted by atomic mass is 9.70. The van der Waals surface area contributed by atoms with Gasteiger partial charge in [0.25, 0.3) is 27.6 Å².